The predicted molar refractivity (Wildman–Crippen MR) is 89.0 cm³/mol. The normalized spacial score (nSPS) is 10.9. The molecule has 0 atom stereocenters. The Hall–Kier alpha value is -0.530. The van der Waals surface area contributed by atoms with E-state index < -0.39 is 0 Å². The molecule has 0 saturated heterocycles. The Morgan fingerprint density at radius 2 is 1.10 bits per heavy atom. The minimum absolute atomic E-state index is 0.421. The Labute approximate surface area is 127 Å². The largest absolute Gasteiger partial charge is 0.356 e. The number of hydrogen-bond acceptors (Lipinski definition) is 1. The van der Waals surface area contributed by atoms with Crippen molar-refractivity contribution in [2.75, 3.05) is 0 Å². The Balaban J connectivity index is 3.47. The fraction of sp³-hybridized carbons (Fsp3) is 0.944. The Morgan fingerprint density at radius 3 is 1.50 bits per heavy atom. The Kier molecular flexibility index (Phi) is 16.1. The predicted octanol–water partition coefficient (Wildman–Crippen LogP) is 5.60. The first kappa shape index (κ1) is 19.5. The SMILES string of the molecule is CCCCCCCCC(CCCCCCCC)NC=O. The average molecular weight is 283 g/mol. The lowest BCUT2D eigenvalue weighted by Gasteiger charge is -2.15. The molecule has 0 aliphatic rings. The van der Waals surface area contributed by atoms with Gasteiger partial charge in [0.05, 0.1) is 0 Å². The van der Waals surface area contributed by atoms with Crippen molar-refractivity contribution in [3.8, 4) is 0 Å². The number of rotatable bonds is 16. The smallest absolute Gasteiger partial charge is 0.207 e. The minimum atomic E-state index is 0.421. The summed E-state index contributed by atoms with van der Waals surface area (Å²) in [6.07, 6.45) is 19.2. The molecule has 0 bridgehead atoms. The van der Waals surface area contributed by atoms with E-state index in [2.05, 4.69) is 19.2 Å². The van der Waals surface area contributed by atoms with Gasteiger partial charge >= 0.3 is 0 Å². The third-order valence-electron chi connectivity index (χ3n) is 4.12. The maximum Gasteiger partial charge on any atom is 0.207 e. The summed E-state index contributed by atoms with van der Waals surface area (Å²) in [5.74, 6) is 0. The average Bonchev–Trinajstić information content (AvgIpc) is 2.46. The maximum atomic E-state index is 10.7. The van der Waals surface area contributed by atoms with Gasteiger partial charge in [0.25, 0.3) is 0 Å². The van der Waals surface area contributed by atoms with Crippen LogP contribution in [0.5, 0.6) is 0 Å². The van der Waals surface area contributed by atoms with Gasteiger partial charge in [-0.05, 0) is 12.8 Å². The maximum absolute atomic E-state index is 10.7. The molecule has 1 amide bonds. The van der Waals surface area contributed by atoms with Crippen LogP contribution in [0.25, 0.3) is 0 Å². The number of carbonyl (C=O) groups excluding carboxylic acids is 1. The van der Waals surface area contributed by atoms with E-state index in [-0.39, 0.29) is 0 Å². The van der Waals surface area contributed by atoms with Gasteiger partial charge in [0.2, 0.25) is 6.41 Å². The molecule has 0 heterocycles. The van der Waals surface area contributed by atoms with Crippen molar-refractivity contribution in [1.82, 2.24) is 5.32 Å². The van der Waals surface area contributed by atoms with Gasteiger partial charge in [-0.1, -0.05) is 90.9 Å². The monoisotopic (exact) mass is 283 g/mol. The zero-order valence-corrected chi connectivity index (χ0v) is 14.0. The van der Waals surface area contributed by atoms with Crippen LogP contribution in [0.1, 0.15) is 104 Å². The van der Waals surface area contributed by atoms with E-state index in [0.29, 0.717) is 6.04 Å². The molecule has 2 nitrogen and oxygen atoms in total. The van der Waals surface area contributed by atoms with Gasteiger partial charge in [-0.15, -0.1) is 0 Å². The first-order chi connectivity index (χ1) is 9.85. The van der Waals surface area contributed by atoms with E-state index in [1.54, 1.807) is 0 Å². The molecule has 0 aromatic carbocycles. The van der Waals surface area contributed by atoms with E-state index in [0.717, 1.165) is 6.41 Å². The van der Waals surface area contributed by atoms with E-state index in [1.807, 2.05) is 0 Å². The minimum Gasteiger partial charge on any atom is -0.356 e. The van der Waals surface area contributed by atoms with Gasteiger partial charge in [-0.2, -0.15) is 0 Å². The molecule has 0 rings (SSSR count). The van der Waals surface area contributed by atoms with Gasteiger partial charge in [0.15, 0.2) is 0 Å². The summed E-state index contributed by atoms with van der Waals surface area (Å²) in [6.45, 7) is 4.51. The summed E-state index contributed by atoms with van der Waals surface area (Å²) < 4.78 is 0. The quantitative estimate of drug-likeness (QED) is 0.290. The van der Waals surface area contributed by atoms with Crippen LogP contribution in [0.2, 0.25) is 0 Å². The number of nitrogens with one attached hydrogen (secondary N) is 1. The van der Waals surface area contributed by atoms with Crippen molar-refractivity contribution in [3.63, 3.8) is 0 Å². The second-order valence-corrected chi connectivity index (χ2v) is 6.09. The standard InChI is InChI=1S/C18H37NO/c1-3-5-7-9-11-13-15-18(19-17-20)16-14-12-10-8-6-4-2/h17-18H,3-16H2,1-2H3,(H,19,20). The molecule has 2 heteroatoms. The zero-order chi connectivity index (χ0) is 14.9. The second-order valence-electron chi connectivity index (χ2n) is 6.09. The molecule has 0 radical (unpaired) electrons. The van der Waals surface area contributed by atoms with Crippen LogP contribution >= 0.6 is 0 Å². The van der Waals surface area contributed by atoms with Gasteiger partial charge < -0.3 is 5.32 Å². The molecule has 0 aliphatic carbocycles. The number of amides is 1. The highest BCUT2D eigenvalue weighted by atomic mass is 16.1. The first-order valence-corrected chi connectivity index (χ1v) is 9.04. The summed E-state index contributed by atoms with van der Waals surface area (Å²) in [4.78, 5) is 10.7. The van der Waals surface area contributed by atoms with Crippen molar-refractivity contribution in [2.24, 2.45) is 0 Å². The van der Waals surface area contributed by atoms with Crippen LogP contribution in [0.4, 0.5) is 0 Å². The molecule has 0 aliphatic heterocycles. The van der Waals surface area contributed by atoms with Crippen molar-refractivity contribution in [1.29, 1.82) is 0 Å². The summed E-state index contributed by atoms with van der Waals surface area (Å²) in [5.41, 5.74) is 0. The molecule has 0 spiro atoms. The molecular weight excluding hydrogens is 246 g/mol. The van der Waals surface area contributed by atoms with Crippen LogP contribution < -0.4 is 5.32 Å². The van der Waals surface area contributed by atoms with Gasteiger partial charge in [-0.25, -0.2) is 0 Å². The van der Waals surface area contributed by atoms with Crippen molar-refractivity contribution in [3.05, 3.63) is 0 Å². The Morgan fingerprint density at radius 1 is 0.700 bits per heavy atom. The second kappa shape index (κ2) is 16.5. The molecule has 1 N–H and O–H groups in total. The molecular formula is C18H37NO. The highest BCUT2D eigenvalue weighted by Crippen LogP contribution is 2.14. The zero-order valence-electron chi connectivity index (χ0n) is 14.0. The number of unbranched alkanes of at least 4 members (excludes halogenated alkanes) is 10. The molecule has 20 heavy (non-hydrogen) atoms. The van der Waals surface area contributed by atoms with Crippen LogP contribution in [0.3, 0.4) is 0 Å². The third kappa shape index (κ3) is 13.9. The van der Waals surface area contributed by atoms with E-state index >= 15 is 0 Å². The fourth-order valence-electron chi connectivity index (χ4n) is 2.75. The summed E-state index contributed by atoms with van der Waals surface area (Å²) in [7, 11) is 0. The van der Waals surface area contributed by atoms with Crippen molar-refractivity contribution < 1.29 is 4.79 Å². The van der Waals surface area contributed by atoms with Crippen LogP contribution in [-0.2, 0) is 4.79 Å². The molecule has 0 aromatic rings. The molecule has 120 valence electrons. The lowest BCUT2D eigenvalue weighted by atomic mass is 10.0. The van der Waals surface area contributed by atoms with Crippen LogP contribution in [-0.4, -0.2) is 12.5 Å². The van der Waals surface area contributed by atoms with Crippen LogP contribution in [0.15, 0.2) is 0 Å². The van der Waals surface area contributed by atoms with Gasteiger partial charge in [0, 0.05) is 6.04 Å². The fourth-order valence-corrected chi connectivity index (χ4v) is 2.75. The summed E-state index contributed by atoms with van der Waals surface area (Å²) in [5, 5.41) is 3.01. The van der Waals surface area contributed by atoms with Gasteiger partial charge in [0.1, 0.15) is 0 Å². The lowest BCUT2D eigenvalue weighted by Crippen LogP contribution is -2.27. The summed E-state index contributed by atoms with van der Waals surface area (Å²) in [6, 6.07) is 0.421. The van der Waals surface area contributed by atoms with Crippen molar-refractivity contribution >= 4 is 6.41 Å². The van der Waals surface area contributed by atoms with E-state index in [4.69, 9.17) is 0 Å². The molecule has 0 unspecified atom stereocenters. The highest BCUT2D eigenvalue weighted by Gasteiger charge is 2.06. The third-order valence-corrected chi connectivity index (χ3v) is 4.12. The molecule has 0 aromatic heterocycles. The molecule has 0 fully saturated rings. The van der Waals surface area contributed by atoms with E-state index in [1.165, 1.54) is 89.9 Å². The topological polar surface area (TPSA) is 29.1 Å². The lowest BCUT2D eigenvalue weighted by molar-refractivity contribution is -0.110. The van der Waals surface area contributed by atoms with Crippen LogP contribution in [0, 0.1) is 0 Å². The number of carbonyl (C=O) groups is 1. The molecule has 0 saturated carbocycles. The number of hydrogen-bond donors (Lipinski definition) is 1. The van der Waals surface area contributed by atoms with E-state index in [9.17, 15) is 4.79 Å². The van der Waals surface area contributed by atoms with Gasteiger partial charge in [-0.3, -0.25) is 4.79 Å². The Bertz CT molecular complexity index is 178. The highest BCUT2D eigenvalue weighted by molar-refractivity contribution is 5.46. The van der Waals surface area contributed by atoms with Crippen molar-refractivity contribution in [2.45, 2.75) is 110 Å². The first-order valence-electron chi connectivity index (χ1n) is 9.04. The summed E-state index contributed by atoms with van der Waals surface area (Å²) >= 11 is 0.